The van der Waals surface area contributed by atoms with Crippen LogP contribution in [0.5, 0.6) is 11.5 Å². The first-order chi connectivity index (χ1) is 17.9. The number of nitrogens with one attached hydrogen (secondary N) is 1. The molecule has 4 aromatic carbocycles. The van der Waals surface area contributed by atoms with E-state index in [-0.39, 0.29) is 12.0 Å². The standard InChI is InChI=1S/C32H33NO4/c1-32(2,31(34)35)37-25-13-8-12-24(19-25)29-20-26(36-30-16-6-5-15-28(29)30)21-33-18-17-23-11-7-10-22-9-3-4-14-27(22)23/h3-16,19,26,29,33H,17-18,20-21H2,1-2H3,(H,34,35). The van der Waals surface area contributed by atoms with Crippen molar-refractivity contribution >= 4 is 16.7 Å². The van der Waals surface area contributed by atoms with Crippen LogP contribution in [0.15, 0.2) is 91.0 Å². The predicted molar refractivity (Wildman–Crippen MR) is 147 cm³/mol. The normalized spacial score (nSPS) is 17.1. The minimum atomic E-state index is -1.30. The maximum absolute atomic E-state index is 11.6. The van der Waals surface area contributed by atoms with Gasteiger partial charge in [-0.1, -0.05) is 72.8 Å². The lowest BCUT2D eigenvalue weighted by Crippen LogP contribution is -2.38. The summed E-state index contributed by atoms with van der Waals surface area (Å²) in [6.45, 7) is 4.74. The molecule has 5 heteroatoms. The molecule has 0 spiro atoms. The lowest BCUT2D eigenvalue weighted by molar-refractivity contribution is -0.152. The number of ether oxygens (including phenoxy) is 2. The van der Waals surface area contributed by atoms with E-state index in [0.717, 1.165) is 42.8 Å². The van der Waals surface area contributed by atoms with Crippen LogP contribution in [0, 0.1) is 0 Å². The molecule has 0 fully saturated rings. The number of carboxylic acid groups (broad SMARTS) is 1. The zero-order valence-electron chi connectivity index (χ0n) is 21.3. The lowest BCUT2D eigenvalue weighted by Gasteiger charge is -2.33. The van der Waals surface area contributed by atoms with Gasteiger partial charge in [0.1, 0.15) is 17.6 Å². The van der Waals surface area contributed by atoms with Crippen molar-refractivity contribution in [3.63, 3.8) is 0 Å². The van der Waals surface area contributed by atoms with Crippen molar-refractivity contribution < 1.29 is 19.4 Å². The quantitative estimate of drug-likeness (QED) is 0.271. The maximum Gasteiger partial charge on any atom is 0.347 e. The molecule has 0 amide bonds. The van der Waals surface area contributed by atoms with Gasteiger partial charge >= 0.3 is 5.97 Å². The fourth-order valence-corrected chi connectivity index (χ4v) is 5.06. The van der Waals surface area contributed by atoms with Gasteiger partial charge in [-0.05, 0) is 73.3 Å². The minimum absolute atomic E-state index is 0.0208. The van der Waals surface area contributed by atoms with Crippen molar-refractivity contribution in [2.24, 2.45) is 0 Å². The number of carboxylic acids is 1. The van der Waals surface area contributed by atoms with E-state index in [1.54, 1.807) is 13.8 Å². The van der Waals surface area contributed by atoms with Gasteiger partial charge in [0.25, 0.3) is 0 Å². The van der Waals surface area contributed by atoms with Crippen LogP contribution in [0.3, 0.4) is 0 Å². The molecule has 1 aliphatic heterocycles. The van der Waals surface area contributed by atoms with Gasteiger partial charge in [0.15, 0.2) is 5.60 Å². The summed E-state index contributed by atoms with van der Waals surface area (Å²) in [7, 11) is 0. The Kier molecular flexibility index (Phi) is 7.15. The number of hydrogen-bond donors (Lipinski definition) is 2. The number of aliphatic carboxylic acids is 1. The average molecular weight is 496 g/mol. The topological polar surface area (TPSA) is 67.8 Å². The highest BCUT2D eigenvalue weighted by molar-refractivity contribution is 5.85. The van der Waals surface area contributed by atoms with Crippen molar-refractivity contribution in [2.75, 3.05) is 13.1 Å². The van der Waals surface area contributed by atoms with E-state index in [2.05, 4.69) is 59.9 Å². The number of carbonyl (C=O) groups is 1. The summed E-state index contributed by atoms with van der Waals surface area (Å²) in [6.07, 6.45) is 1.80. The molecule has 0 radical (unpaired) electrons. The molecule has 0 bridgehead atoms. The zero-order valence-corrected chi connectivity index (χ0v) is 21.3. The third-order valence-corrected chi connectivity index (χ3v) is 7.06. The Bertz CT molecular complexity index is 1390. The molecule has 0 saturated carbocycles. The maximum atomic E-state index is 11.6. The molecule has 4 aromatic rings. The number of fused-ring (bicyclic) bond motifs is 2. The summed E-state index contributed by atoms with van der Waals surface area (Å²) >= 11 is 0. The van der Waals surface area contributed by atoms with Crippen molar-refractivity contribution in [1.82, 2.24) is 5.32 Å². The molecule has 1 aliphatic rings. The van der Waals surface area contributed by atoms with Crippen LogP contribution in [0.4, 0.5) is 0 Å². The summed E-state index contributed by atoms with van der Waals surface area (Å²) in [5.41, 5.74) is 2.28. The van der Waals surface area contributed by atoms with Gasteiger partial charge in [-0.25, -0.2) is 4.79 Å². The van der Waals surface area contributed by atoms with E-state index < -0.39 is 11.6 Å². The molecule has 2 N–H and O–H groups in total. The average Bonchev–Trinajstić information content (AvgIpc) is 2.90. The molecule has 2 atom stereocenters. The summed E-state index contributed by atoms with van der Waals surface area (Å²) in [5, 5.41) is 15.7. The number of hydrogen-bond acceptors (Lipinski definition) is 4. The molecule has 0 aromatic heterocycles. The highest BCUT2D eigenvalue weighted by Gasteiger charge is 2.31. The Morgan fingerprint density at radius 1 is 1.00 bits per heavy atom. The van der Waals surface area contributed by atoms with Crippen LogP contribution >= 0.6 is 0 Å². The third-order valence-electron chi connectivity index (χ3n) is 7.06. The van der Waals surface area contributed by atoms with Crippen molar-refractivity contribution in [3.05, 3.63) is 108 Å². The largest absolute Gasteiger partial charge is 0.489 e. The molecule has 190 valence electrons. The first-order valence-electron chi connectivity index (χ1n) is 12.9. The Labute approximate surface area is 218 Å². The van der Waals surface area contributed by atoms with E-state index in [1.165, 1.54) is 16.3 Å². The molecular weight excluding hydrogens is 462 g/mol. The lowest BCUT2D eigenvalue weighted by atomic mass is 9.84. The molecule has 5 nitrogen and oxygen atoms in total. The fraction of sp³-hybridized carbons (Fsp3) is 0.281. The second-order valence-corrected chi connectivity index (χ2v) is 10.1. The van der Waals surface area contributed by atoms with Gasteiger partial charge < -0.3 is 19.9 Å². The van der Waals surface area contributed by atoms with Gasteiger partial charge in [-0.3, -0.25) is 0 Å². The first-order valence-corrected chi connectivity index (χ1v) is 12.9. The van der Waals surface area contributed by atoms with Gasteiger partial charge in [-0.2, -0.15) is 0 Å². The van der Waals surface area contributed by atoms with Crippen LogP contribution in [0.1, 0.15) is 42.9 Å². The molecule has 2 unspecified atom stereocenters. The third kappa shape index (κ3) is 5.62. The van der Waals surface area contributed by atoms with E-state index >= 15 is 0 Å². The van der Waals surface area contributed by atoms with Crippen LogP contribution in [0.2, 0.25) is 0 Å². The molecule has 0 aliphatic carbocycles. The Balaban J connectivity index is 1.28. The molecule has 37 heavy (non-hydrogen) atoms. The Morgan fingerprint density at radius 3 is 2.62 bits per heavy atom. The predicted octanol–water partition coefficient (Wildman–Crippen LogP) is 6.20. The van der Waals surface area contributed by atoms with E-state index in [4.69, 9.17) is 9.47 Å². The highest BCUT2D eigenvalue weighted by Crippen LogP contribution is 2.41. The van der Waals surface area contributed by atoms with Crippen molar-refractivity contribution in [1.29, 1.82) is 0 Å². The monoisotopic (exact) mass is 495 g/mol. The van der Waals surface area contributed by atoms with E-state index in [1.807, 2.05) is 36.4 Å². The van der Waals surface area contributed by atoms with E-state index in [0.29, 0.717) is 5.75 Å². The van der Waals surface area contributed by atoms with Crippen molar-refractivity contribution in [3.8, 4) is 11.5 Å². The second-order valence-electron chi connectivity index (χ2n) is 10.1. The Hall–Kier alpha value is -3.83. The van der Waals surface area contributed by atoms with Gasteiger partial charge in [0.05, 0.1) is 0 Å². The number of rotatable bonds is 9. The highest BCUT2D eigenvalue weighted by atomic mass is 16.5. The second kappa shape index (κ2) is 10.7. The van der Waals surface area contributed by atoms with E-state index in [9.17, 15) is 9.90 Å². The smallest absolute Gasteiger partial charge is 0.347 e. The zero-order chi connectivity index (χ0) is 25.8. The summed E-state index contributed by atoms with van der Waals surface area (Å²) in [5.74, 6) is 0.589. The minimum Gasteiger partial charge on any atom is -0.489 e. The molecule has 5 rings (SSSR count). The summed E-state index contributed by atoms with van der Waals surface area (Å²) in [6, 6.07) is 30.9. The van der Waals surface area contributed by atoms with Gasteiger partial charge in [0, 0.05) is 18.0 Å². The fourth-order valence-electron chi connectivity index (χ4n) is 5.06. The van der Waals surface area contributed by atoms with Crippen LogP contribution < -0.4 is 14.8 Å². The van der Waals surface area contributed by atoms with Crippen LogP contribution in [0.25, 0.3) is 10.8 Å². The molecule has 0 saturated heterocycles. The molecule has 1 heterocycles. The first kappa shape index (κ1) is 24.8. The number of para-hydroxylation sites is 1. The summed E-state index contributed by atoms with van der Waals surface area (Å²) in [4.78, 5) is 11.6. The summed E-state index contributed by atoms with van der Waals surface area (Å²) < 4.78 is 12.2. The van der Waals surface area contributed by atoms with Crippen LogP contribution in [-0.2, 0) is 11.2 Å². The van der Waals surface area contributed by atoms with Crippen LogP contribution in [-0.4, -0.2) is 35.9 Å². The number of benzene rings is 4. The van der Waals surface area contributed by atoms with Gasteiger partial charge in [-0.15, -0.1) is 0 Å². The Morgan fingerprint density at radius 2 is 1.76 bits per heavy atom. The SMILES string of the molecule is CC(C)(Oc1cccc(C2CC(CNCCc3cccc4ccccc34)Oc3ccccc32)c1)C(=O)O. The van der Waals surface area contributed by atoms with Crippen molar-refractivity contribution in [2.45, 2.75) is 44.3 Å². The molecular formula is C32H33NO4. The van der Waals surface area contributed by atoms with Gasteiger partial charge in [0.2, 0.25) is 0 Å².